The maximum absolute atomic E-state index is 12.6. The number of rotatable bonds is 6. The summed E-state index contributed by atoms with van der Waals surface area (Å²) in [5.41, 5.74) is 0.872. The molecule has 0 bridgehead atoms. The highest BCUT2D eigenvalue weighted by atomic mass is 16.6. The minimum absolute atomic E-state index is 0.0355. The van der Waals surface area contributed by atoms with Gasteiger partial charge in [0.05, 0.1) is 19.1 Å². The monoisotopic (exact) mass is 363 g/mol. The van der Waals surface area contributed by atoms with E-state index in [1.165, 1.54) is 11.8 Å². The number of esters is 2. The van der Waals surface area contributed by atoms with Crippen LogP contribution in [0.1, 0.15) is 38.7 Å². The fourth-order valence-electron chi connectivity index (χ4n) is 3.03. The zero-order valence-corrected chi connectivity index (χ0v) is 15.2. The fraction of sp³-hybridized carbons (Fsp3) is 0.526. The van der Waals surface area contributed by atoms with E-state index in [-0.39, 0.29) is 19.6 Å². The number of nitrogens with zero attached hydrogens (tertiary/aromatic N) is 1. The van der Waals surface area contributed by atoms with E-state index in [0.29, 0.717) is 19.4 Å². The van der Waals surface area contributed by atoms with Crippen LogP contribution in [0.5, 0.6) is 0 Å². The molecule has 0 N–H and O–H groups in total. The molecule has 1 aromatic carbocycles. The number of carbonyl (C=O) groups is 3. The van der Waals surface area contributed by atoms with Gasteiger partial charge in [-0.25, -0.2) is 4.79 Å². The summed E-state index contributed by atoms with van der Waals surface area (Å²) in [4.78, 5) is 37.4. The van der Waals surface area contributed by atoms with Crippen molar-refractivity contribution >= 4 is 18.0 Å². The summed E-state index contributed by atoms with van der Waals surface area (Å²) in [6.45, 7) is 3.86. The Bertz CT molecular complexity index is 618. The van der Waals surface area contributed by atoms with Gasteiger partial charge in [0.25, 0.3) is 0 Å². The second-order valence-electron chi connectivity index (χ2n) is 6.10. The smallest absolute Gasteiger partial charge is 0.410 e. The lowest BCUT2D eigenvalue weighted by molar-refractivity contribution is -0.157. The predicted octanol–water partition coefficient (Wildman–Crippen LogP) is 2.67. The maximum atomic E-state index is 12.6. The van der Waals surface area contributed by atoms with Gasteiger partial charge in [0, 0.05) is 13.5 Å². The number of benzene rings is 1. The van der Waals surface area contributed by atoms with Crippen LogP contribution in [0.4, 0.5) is 4.79 Å². The summed E-state index contributed by atoms with van der Waals surface area (Å²) in [6.07, 6.45) is 0.144. The summed E-state index contributed by atoms with van der Waals surface area (Å²) < 4.78 is 15.7. The van der Waals surface area contributed by atoms with Gasteiger partial charge in [-0.15, -0.1) is 0 Å². The van der Waals surface area contributed by atoms with Crippen LogP contribution in [0.25, 0.3) is 0 Å². The molecule has 1 fully saturated rings. The van der Waals surface area contributed by atoms with Gasteiger partial charge >= 0.3 is 18.0 Å². The van der Waals surface area contributed by atoms with Gasteiger partial charge in [0.1, 0.15) is 12.7 Å². The van der Waals surface area contributed by atoms with Gasteiger partial charge in [-0.3, -0.25) is 9.59 Å². The Hall–Kier alpha value is -2.57. The van der Waals surface area contributed by atoms with E-state index in [1.54, 1.807) is 6.92 Å². The first-order chi connectivity index (χ1) is 12.5. The van der Waals surface area contributed by atoms with Gasteiger partial charge in [-0.2, -0.15) is 0 Å². The number of hydrogen-bond acceptors (Lipinski definition) is 6. The topological polar surface area (TPSA) is 82.1 Å². The standard InChI is InChI=1S/C19H25NO6/c1-3-24-18(22)12-16-17(26-14(2)21)10-7-11-20(16)19(23)25-13-15-8-5-4-6-9-15/h4-6,8-9,16-17H,3,7,10-13H2,1-2H3. The first-order valence-electron chi connectivity index (χ1n) is 8.81. The first kappa shape index (κ1) is 19.8. The Morgan fingerprint density at radius 3 is 2.54 bits per heavy atom. The molecule has 0 saturated carbocycles. The fourth-order valence-corrected chi connectivity index (χ4v) is 3.03. The highest BCUT2D eigenvalue weighted by Crippen LogP contribution is 2.25. The Kier molecular flexibility index (Phi) is 7.44. The Balaban J connectivity index is 2.06. The third-order valence-electron chi connectivity index (χ3n) is 4.16. The van der Waals surface area contributed by atoms with Gasteiger partial charge in [-0.05, 0) is 25.3 Å². The van der Waals surface area contributed by atoms with Crippen molar-refractivity contribution in [2.75, 3.05) is 13.2 Å². The maximum Gasteiger partial charge on any atom is 0.410 e. The van der Waals surface area contributed by atoms with Crippen molar-refractivity contribution in [3.63, 3.8) is 0 Å². The average Bonchev–Trinajstić information content (AvgIpc) is 2.62. The highest BCUT2D eigenvalue weighted by Gasteiger charge is 2.38. The van der Waals surface area contributed by atoms with E-state index in [1.807, 2.05) is 30.3 Å². The molecule has 2 atom stereocenters. The van der Waals surface area contributed by atoms with Crippen molar-refractivity contribution < 1.29 is 28.6 Å². The molecule has 1 amide bonds. The number of hydrogen-bond donors (Lipinski definition) is 0. The lowest BCUT2D eigenvalue weighted by atomic mass is 9.96. The number of amides is 1. The van der Waals surface area contributed by atoms with Crippen LogP contribution in [0.3, 0.4) is 0 Å². The molecule has 7 heteroatoms. The normalized spacial score (nSPS) is 19.5. The SMILES string of the molecule is CCOC(=O)CC1C(OC(C)=O)CCCN1C(=O)OCc1ccccc1. The van der Waals surface area contributed by atoms with E-state index >= 15 is 0 Å². The molecule has 0 aromatic heterocycles. The molecule has 1 saturated heterocycles. The molecular weight excluding hydrogens is 338 g/mol. The number of likely N-dealkylation sites (tertiary alicyclic amines) is 1. The van der Waals surface area contributed by atoms with Gasteiger partial charge in [0.15, 0.2) is 0 Å². The number of carbonyl (C=O) groups excluding carboxylic acids is 3. The molecule has 1 aromatic rings. The summed E-state index contributed by atoms with van der Waals surface area (Å²) in [5, 5.41) is 0. The van der Waals surface area contributed by atoms with Crippen molar-refractivity contribution in [3.05, 3.63) is 35.9 Å². The Labute approximate surface area is 153 Å². The predicted molar refractivity (Wildman–Crippen MR) is 93.2 cm³/mol. The lowest BCUT2D eigenvalue weighted by Crippen LogP contribution is -2.53. The van der Waals surface area contributed by atoms with Gasteiger partial charge in [-0.1, -0.05) is 30.3 Å². The van der Waals surface area contributed by atoms with Crippen LogP contribution in [-0.4, -0.2) is 48.2 Å². The summed E-state index contributed by atoms with van der Waals surface area (Å²) in [6, 6.07) is 8.75. The molecule has 142 valence electrons. The third kappa shape index (κ3) is 5.75. The van der Waals surface area contributed by atoms with Crippen LogP contribution in [0, 0.1) is 0 Å². The Morgan fingerprint density at radius 1 is 1.15 bits per heavy atom. The van der Waals surface area contributed by atoms with Crippen LogP contribution in [0.15, 0.2) is 30.3 Å². The van der Waals surface area contributed by atoms with Crippen LogP contribution in [-0.2, 0) is 30.4 Å². The summed E-state index contributed by atoms with van der Waals surface area (Å²) in [7, 11) is 0. The van der Waals surface area contributed by atoms with Crippen molar-refractivity contribution in [3.8, 4) is 0 Å². The molecule has 1 heterocycles. The van der Waals surface area contributed by atoms with E-state index < -0.39 is 30.2 Å². The molecule has 1 aliphatic rings. The second-order valence-corrected chi connectivity index (χ2v) is 6.10. The van der Waals surface area contributed by atoms with Crippen molar-refractivity contribution in [1.29, 1.82) is 0 Å². The molecule has 26 heavy (non-hydrogen) atoms. The van der Waals surface area contributed by atoms with E-state index in [2.05, 4.69) is 0 Å². The van der Waals surface area contributed by atoms with Crippen LogP contribution in [0.2, 0.25) is 0 Å². The largest absolute Gasteiger partial charge is 0.466 e. The highest BCUT2D eigenvalue weighted by molar-refractivity contribution is 5.73. The summed E-state index contributed by atoms with van der Waals surface area (Å²) >= 11 is 0. The van der Waals surface area contributed by atoms with Gasteiger partial charge in [0.2, 0.25) is 0 Å². The van der Waals surface area contributed by atoms with Crippen molar-refractivity contribution in [2.45, 2.75) is 51.9 Å². The third-order valence-corrected chi connectivity index (χ3v) is 4.16. The number of ether oxygens (including phenoxy) is 3. The van der Waals surface area contributed by atoms with Crippen molar-refractivity contribution in [1.82, 2.24) is 4.90 Å². The number of piperidine rings is 1. The molecule has 2 unspecified atom stereocenters. The van der Waals surface area contributed by atoms with E-state index in [0.717, 1.165) is 5.56 Å². The minimum atomic E-state index is -0.588. The molecule has 7 nitrogen and oxygen atoms in total. The van der Waals surface area contributed by atoms with E-state index in [9.17, 15) is 14.4 Å². The molecule has 0 aliphatic carbocycles. The zero-order valence-electron chi connectivity index (χ0n) is 15.2. The minimum Gasteiger partial charge on any atom is -0.466 e. The quantitative estimate of drug-likeness (QED) is 0.571. The van der Waals surface area contributed by atoms with Crippen molar-refractivity contribution in [2.24, 2.45) is 0 Å². The van der Waals surface area contributed by atoms with Crippen LogP contribution >= 0.6 is 0 Å². The average molecular weight is 363 g/mol. The zero-order chi connectivity index (χ0) is 18.9. The molecular formula is C19H25NO6. The summed E-state index contributed by atoms with van der Waals surface area (Å²) in [5.74, 6) is -0.874. The molecule has 0 spiro atoms. The lowest BCUT2D eigenvalue weighted by Gasteiger charge is -2.39. The molecule has 1 aliphatic heterocycles. The second kappa shape index (κ2) is 9.79. The van der Waals surface area contributed by atoms with E-state index in [4.69, 9.17) is 14.2 Å². The van der Waals surface area contributed by atoms with Crippen LogP contribution < -0.4 is 0 Å². The Morgan fingerprint density at radius 2 is 1.88 bits per heavy atom. The first-order valence-corrected chi connectivity index (χ1v) is 8.81. The molecule has 0 radical (unpaired) electrons. The molecule has 2 rings (SSSR count). The van der Waals surface area contributed by atoms with Gasteiger partial charge < -0.3 is 19.1 Å².